The molecule has 1 unspecified atom stereocenters. The van der Waals surface area contributed by atoms with E-state index < -0.39 is 20.8 Å². The highest BCUT2D eigenvalue weighted by Crippen LogP contribution is 2.23. The first-order valence-electron chi connectivity index (χ1n) is 7.16. The largest absolute Gasteiger partial charge is 0.383 e. The molecule has 2 rings (SSSR count). The third kappa shape index (κ3) is 5.31. The maximum Gasteiger partial charge on any atom is 0.253 e. The van der Waals surface area contributed by atoms with Gasteiger partial charge in [-0.25, -0.2) is 18.5 Å². The SMILES string of the molecule is CCC(Sc1nc(N)cc(=O)[nH]1)C(=O)Nc1ccc(S(N)(=O)=O)cc1. The summed E-state index contributed by atoms with van der Waals surface area (Å²) in [6.45, 7) is 1.81. The van der Waals surface area contributed by atoms with Crippen LogP contribution in [0.25, 0.3) is 0 Å². The van der Waals surface area contributed by atoms with Gasteiger partial charge in [0.05, 0.1) is 10.1 Å². The van der Waals surface area contributed by atoms with Gasteiger partial charge in [0.25, 0.3) is 5.56 Å². The maximum absolute atomic E-state index is 12.4. The predicted molar refractivity (Wildman–Crippen MR) is 95.7 cm³/mol. The molecule has 1 atom stereocenters. The van der Waals surface area contributed by atoms with Gasteiger partial charge in [-0.3, -0.25) is 9.59 Å². The van der Waals surface area contributed by atoms with E-state index in [-0.39, 0.29) is 21.8 Å². The molecule has 9 nitrogen and oxygen atoms in total. The minimum absolute atomic E-state index is 0.0477. The average molecular weight is 383 g/mol. The Bertz CT molecular complexity index is 925. The van der Waals surface area contributed by atoms with Gasteiger partial charge in [0.2, 0.25) is 15.9 Å². The fraction of sp³-hybridized carbons (Fsp3) is 0.214. The summed E-state index contributed by atoms with van der Waals surface area (Å²) in [6.07, 6.45) is 0.476. The van der Waals surface area contributed by atoms with E-state index in [0.717, 1.165) is 17.8 Å². The van der Waals surface area contributed by atoms with Gasteiger partial charge in [0.1, 0.15) is 5.82 Å². The van der Waals surface area contributed by atoms with Gasteiger partial charge < -0.3 is 16.0 Å². The Balaban J connectivity index is 2.10. The molecule has 1 amide bonds. The number of nitrogens with zero attached hydrogens (tertiary/aromatic N) is 1. The van der Waals surface area contributed by atoms with Crippen LogP contribution in [0.2, 0.25) is 0 Å². The second-order valence-electron chi connectivity index (χ2n) is 5.05. The number of anilines is 2. The molecule has 25 heavy (non-hydrogen) atoms. The molecule has 0 spiro atoms. The van der Waals surface area contributed by atoms with Crippen molar-refractivity contribution < 1.29 is 13.2 Å². The zero-order chi connectivity index (χ0) is 18.6. The van der Waals surface area contributed by atoms with Crippen molar-refractivity contribution in [3.8, 4) is 0 Å². The first-order chi connectivity index (χ1) is 11.7. The van der Waals surface area contributed by atoms with Gasteiger partial charge in [0, 0.05) is 11.8 Å². The Morgan fingerprint density at radius 3 is 2.52 bits per heavy atom. The van der Waals surface area contributed by atoms with Crippen molar-refractivity contribution in [2.24, 2.45) is 5.14 Å². The van der Waals surface area contributed by atoms with Crippen molar-refractivity contribution in [2.75, 3.05) is 11.1 Å². The summed E-state index contributed by atoms with van der Waals surface area (Å²) < 4.78 is 22.4. The van der Waals surface area contributed by atoms with Crippen LogP contribution in [0.5, 0.6) is 0 Å². The number of rotatable bonds is 6. The smallest absolute Gasteiger partial charge is 0.253 e. The quantitative estimate of drug-likeness (QED) is 0.417. The molecule has 2 aromatic rings. The molecule has 0 aliphatic carbocycles. The number of aromatic amines is 1. The van der Waals surface area contributed by atoms with Crippen molar-refractivity contribution >= 4 is 39.2 Å². The van der Waals surface area contributed by atoms with Crippen molar-refractivity contribution in [1.29, 1.82) is 0 Å². The fourth-order valence-electron chi connectivity index (χ4n) is 1.92. The first kappa shape index (κ1) is 19.0. The summed E-state index contributed by atoms with van der Waals surface area (Å²) in [4.78, 5) is 30.2. The van der Waals surface area contributed by atoms with Crippen molar-refractivity contribution in [1.82, 2.24) is 9.97 Å². The Morgan fingerprint density at radius 1 is 1.36 bits per heavy atom. The topological polar surface area (TPSA) is 161 Å². The highest BCUT2D eigenvalue weighted by molar-refractivity contribution is 8.00. The second-order valence-corrected chi connectivity index (χ2v) is 7.80. The normalized spacial score (nSPS) is 12.6. The molecule has 1 aromatic heterocycles. The number of nitrogen functional groups attached to an aromatic ring is 1. The number of H-pyrrole nitrogens is 1. The summed E-state index contributed by atoms with van der Waals surface area (Å²) in [7, 11) is -3.79. The molecule has 0 saturated carbocycles. The Labute approximate surface area is 148 Å². The predicted octanol–water partition coefficient (Wildman–Crippen LogP) is 0.509. The standard InChI is InChI=1S/C14H17N5O4S2/c1-2-10(24-14-18-11(15)7-12(20)19-14)13(21)17-8-3-5-9(6-4-8)25(16,22)23/h3-7,10H,2H2,1H3,(H,17,21)(H2,16,22,23)(H3,15,18,19,20). The Morgan fingerprint density at radius 2 is 2.00 bits per heavy atom. The lowest BCUT2D eigenvalue weighted by atomic mass is 10.3. The van der Waals surface area contributed by atoms with Gasteiger partial charge in [-0.1, -0.05) is 18.7 Å². The van der Waals surface area contributed by atoms with Crippen LogP contribution in [0.4, 0.5) is 11.5 Å². The van der Waals surface area contributed by atoms with E-state index in [4.69, 9.17) is 10.9 Å². The van der Waals surface area contributed by atoms with Gasteiger partial charge in [-0.2, -0.15) is 0 Å². The number of hydrogen-bond acceptors (Lipinski definition) is 7. The zero-order valence-corrected chi connectivity index (χ0v) is 14.9. The monoisotopic (exact) mass is 383 g/mol. The third-order valence-electron chi connectivity index (χ3n) is 3.11. The number of carbonyl (C=O) groups is 1. The molecular formula is C14H17N5O4S2. The number of benzene rings is 1. The maximum atomic E-state index is 12.4. The first-order valence-corrected chi connectivity index (χ1v) is 9.59. The number of primary sulfonamides is 1. The molecular weight excluding hydrogens is 366 g/mol. The van der Waals surface area contributed by atoms with E-state index in [0.29, 0.717) is 12.1 Å². The van der Waals surface area contributed by atoms with Crippen LogP contribution in [0.3, 0.4) is 0 Å². The van der Waals surface area contributed by atoms with Crippen LogP contribution < -0.4 is 21.7 Å². The molecule has 1 aromatic carbocycles. The number of nitrogens with one attached hydrogen (secondary N) is 2. The van der Waals surface area contributed by atoms with Crippen LogP contribution in [-0.2, 0) is 14.8 Å². The average Bonchev–Trinajstić information content (AvgIpc) is 2.51. The number of nitrogens with two attached hydrogens (primary N) is 2. The van der Waals surface area contributed by atoms with E-state index in [1.54, 1.807) is 0 Å². The number of hydrogen-bond donors (Lipinski definition) is 4. The number of amides is 1. The van der Waals surface area contributed by atoms with Gasteiger partial charge in [-0.05, 0) is 30.7 Å². The molecule has 0 fully saturated rings. The van der Waals surface area contributed by atoms with E-state index >= 15 is 0 Å². The number of carbonyl (C=O) groups excluding carboxylic acids is 1. The Hall–Kier alpha value is -2.37. The van der Waals surface area contributed by atoms with Gasteiger partial charge in [-0.15, -0.1) is 0 Å². The third-order valence-corrected chi connectivity index (χ3v) is 5.29. The molecule has 0 aliphatic heterocycles. The highest BCUT2D eigenvalue weighted by Gasteiger charge is 2.20. The van der Waals surface area contributed by atoms with Crippen molar-refractivity contribution in [2.45, 2.75) is 28.6 Å². The molecule has 11 heteroatoms. The van der Waals surface area contributed by atoms with Crippen LogP contribution in [0.1, 0.15) is 13.3 Å². The van der Waals surface area contributed by atoms with Crippen LogP contribution in [0, 0.1) is 0 Å². The highest BCUT2D eigenvalue weighted by atomic mass is 32.2. The van der Waals surface area contributed by atoms with E-state index in [1.165, 1.54) is 24.3 Å². The van der Waals surface area contributed by atoms with Crippen molar-refractivity contribution in [3.63, 3.8) is 0 Å². The summed E-state index contributed by atoms with van der Waals surface area (Å²) in [5.41, 5.74) is 5.54. The van der Waals surface area contributed by atoms with Crippen LogP contribution in [0.15, 0.2) is 45.2 Å². The summed E-state index contributed by atoms with van der Waals surface area (Å²) >= 11 is 1.08. The summed E-state index contributed by atoms with van der Waals surface area (Å²) in [6, 6.07) is 6.63. The van der Waals surface area contributed by atoms with Crippen LogP contribution >= 0.6 is 11.8 Å². The molecule has 0 radical (unpaired) electrons. The lowest BCUT2D eigenvalue weighted by molar-refractivity contribution is -0.115. The van der Waals surface area contributed by atoms with Gasteiger partial charge >= 0.3 is 0 Å². The molecule has 134 valence electrons. The van der Waals surface area contributed by atoms with Crippen molar-refractivity contribution in [3.05, 3.63) is 40.7 Å². The lowest BCUT2D eigenvalue weighted by Crippen LogP contribution is -2.25. The number of thioether (sulfide) groups is 1. The second kappa shape index (κ2) is 7.68. The van der Waals surface area contributed by atoms with Gasteiger partial charge in [0.15, 0.2) is 5.16 Å². The summed E-state index contributed by atoms with van der Waals surface area (Å²) in [5, 5.41) is 7.42. The minimum atomic E-state index is -3.79. The van der Waals surface area contributed by atoms with E-state index in [2.05, 4.69) is 15.3 Å². The molecule has 0 saturated heterocycles. The molecule has 1 heterocycles. The molecule has 0 bridgehead atoms. The molecule has 6 N–H and O–H groups in total. The van der Waals surface area contributed by atoms with E-state index in [9.17, 15) is 18.0 Å². The molecule has 0 aliphatic rings. The van der Waals surface area contributed by atoms with Crippen LogP contribution in [-0.4, -0.2) is 29.5 Å². The lowest BCUT2D eigenvalue weighted by Gasteiger charge is -2.14. The minimum Gasteiger partial charge on any atom is -0.383 e. The zero-order valence-electron chi connectivity index (χ0n) is 13.2. The number of sulfonamides is 1. The van der Waals surface area contributed by atoms with E-state index in [1.807, 2.05) is 6.92 Å². The number of aromatic nitrogens is 2. The Kier molecular flexibility index (Phi) is 5.82. The summed E-state index contributed by atoms with van der Waals surface area (Å²) in [5.74, 6) is -0.249. The fourth-order valence-corrected chi connectivity index (χ4v) is 3.35.